The van der Waals surface area contributed by atoms with Crippen molar-refractivity contribution < 1.29 is 0 Å². The van der Waals surface area contributed by atoms with Gasteiger partial charge in [0.05, 0.1) is 11.6 Å². The van der Waals surface area contributed by atoms with Crippen molar-refractivity contribution >= 4 is 0 Å². The molecular formula is C37H33N3. The fourth-order valence-electron chi connectivity index (χ4n) is 6.76. The van der Waals surface area contributed by atoms with Crippen molar-refractivity contribution in [1.82, 2.24) is 10.2 Å². The highest BCUT2D eigenvalue weighted by Crippen LogP contribution is 2.52. The van der Waals surface area contributed by atoms with Crippen LogP contribution < -0.4 is 5.32 Å². The second-order valence-electron chi connectivity index (χ2n) is 11.1. The van der Waals surface area contributed by atoms with E-state index in [0.717, 1.165) is 38.6 Å². The van der Waals surface area contributed by atoms with Crippen LogP contribution in [0.1, 0.15) is 36.8 Å². The van der Waals surface area contributed by atoms with E-state index in [2.05, 4.69) is 113 Å². The first kappa shape index (κ1) is 24.5. The molecule has 0 bridgehead atoms. The van der Waals surface area contributed by atoms with E-state index in [-0.39, 0.29) is 0 Å². The third-order valence-corrected chi connectivity index (χ3v) is 8.73. The maximum absolute atomic E-state index is 9.08. The monoisotopic (exact) mass is 519 g/mol. The minimum Gasteiger partial charge on any atom is -0.384 e. The molecule has 0 saturated carbocycles. The van der Waals surface area contributed by atoms with Crippen molar-refractivity contribution in [2.24, 2.45) is 11.8 Å². The van der Waals surface area contributed by atoms with Gasteiger partial charge in [0.15, 0.2) is 0 Å². The maximum Gasteiger partial charge on any atom is 0.0991 e. The minimum atomic E-state index is 0.322. The highest BCUT2D eigenvalue weighted by Gasteiger charge is 2.41. The average Bonchev–Trinajstić information content (AvgIpc) is 3.02. The number of hydrogen-bond donors (Lipinski definition) is 1. The largest absolute Gasteiger partial charge is 0.384 e. The fraction of sp³-hybridized carbons (Fsp3) is 0.216. The molecule has 0 aromatic heterocycles. The van der Waals surface area contributed by atoms with Crippen LogP contribution in [0.3, 0.4) is 0 Å². The third kappa shape index (κ3) is 4.40. The molecule has 1 aromatic carbocycles. The van der Waals surface area contributed by atoms with E-state index < -0.39 is 0 Å². The molecule has 2 atom stereocenters. The Labute approximate surface area is 237 Å². The first-order valence-corrected chi connectivity index (χ1v) is 14.5. The second kappa shape index (κ2) is 10.5. The summed E-state index contributed by atoms with van der Waals surface area (Å²) in [6.07, 6.45) is 37.5. The summed E-state index contributed by atoms with van der Waals surface area (Å²) in [6, 6.07) is 10.1. The van der Waals surface area contributed by atoms with Crippen LogP contribution in [0, 0.1) is 23.2 Å². The molecule has 0 amide bonds. The van der Waals surface area contributed by atoms with Crippen LogP contribution in [0.25, 0.3) is 0 Å². The number of allylic oxidation sites excluding steroid dienone is 20. The van der Waals surface area contributed by atoms with Crippen LogP contribution in [-0.2, 0) is 6.42 Å². The second-order valence-corrected chi connectivity index (χ2v) is 11.1. The van der Waals surface area contributed by atoms with Gasteiger partial charge >= 0.3 is 0 Å². The normalized spacial score (nSPS) is 23.7. The minimum absolute atomic E-state index is 0.322. The summed E-state index contributed by atoms with van der Waals surface area (Å²) in [6.45, 7) is 0.854. The quantitative estimate of drug-likeness (QED) is 0.400. The lowest BCUT2D eigenvalue weighted by atomic mass is 9.63. The summed E-state index contributed by atoms with van der Waals surface area (Å²) in [7, 11) is 0. The van der Waals surface area contributed by atoms with Crippen molar-refractivity contribution in [3.63, 3.8) is 0 Å². The molecule has 196 valence electrons. The van der Waals surface area contributed by atoms with Gasteiger partial charge in [0.2, 0.25) is 0 Å². The zero-order chi connectivity index (χ0) is 26.9. The van der Waals surface area contributed by atoms with Gasteiger partial charge in [-0.25, -0.2) is 0 Å². The summed E-state index contributed by atoms with van der Waals surface area (Å²) in [4.78, 5) is 2.56. The van der Waals surface area contributed by atoms with E-state index in [1.807, 2.05) is 12.1 Å². The summed E-state index contributed by atoms with van der Waals surface area (Å²) >= 11 is 0. The van der Waals surface area contributed by atoms with Crippen molar-refractivity contribution in [3.8, 4) is 6.07 Å². The zero-order valence-electron chi connectivity index (χ0n) is 22.7. The van der Waals surface area contributed by atoms with Gasteiger partial charge in [0.25, 0.3) is 0 Å². The Morgan fingerprint density at radius 2 is 1.48 bits per heavy atom. The molecule has 3 heteroatoms. The van der Waals surface area contributed by atoms with Crippen LogP contribution in [-0.4, -0.2) is 11.4 Å². The van der Waals surface area contributed by atoms with E-state index in [9.17, 15) is 0 Å². The van der Waals surface area contributed by atoms with Gasteiger partial charge in [-0.3, -0.25) is 0 Å². The number of rotatable bonds is 7. The standard InChI is InChI=1S/C37H33N3/c38-25-27-13-11-26(12-14-27)23-24-39-34-21-17-28-16-20-33-35(22-18-29-15-19-32(34)36(28)37(29)33)40(30-7-3-1-4-8-30)31-9-5-2-6-10-31/h1-3,5,7,9,11-22,36-37,39H,4,6,8,10,23-24H2. The molecule has 0 fully saturated rings. The fourth-order valence-corrected chi connectivity index (χ4v) is 6.76. The summed E-state index contributed by atoms with van der Waals surface area (Å²) in [5.74, 6) is 0.645. The Kier molecular flexibility index (Phi) is 6.46. The number of benzene rings is 1. The lowest BCUT2D eigenvalue weighted by Crippen LogP contribution is -2.35. The topological polar surface area (TPSA) is 39.1 Å². The molecule has 0 spiro atoms. The molecule has 0 radical (unpaired) electrons. The molecule has 3 nitrogen and oxygen atoms in total. The smallest absolute Gasteiger partial charge is 0.0991 e. The molecule has 1 aromatic rings. The molecule has 1 N–H and O–H groups in total. The van der Waals surface area contributed by atoms with Crippen molar-refractivity contribution in [2.45, 2.75) is 32.1 Å². The Morgan fingerprint density at radius 3 is 2.17 bits per heavy atom. The van der Waals surface area contributed by atoms with Crippen LogP contribution in [0.5, 0.6) is 0 Å². The first-order valence-electron chi connectivity index (χ1n) is 14.5. The number of nitrogens with zero attached hydrogens (tertiary/aromatic N) is 2. The lowest BCUT2D eigenvalue weighted by molar-refractivity contribution is 0.462. The molecule has 0 heterocycles. The van der Waals surface area contributed by atoms with E-state index in [4.69, 9.17) is 5.26 Å². The zero-order valence-corrected chi connectivity index (χ0v) is 22.7. The van der Waals surface area contributed by atoms with E-state index >= 15 is 0 Å². The maximum atomic E-state index is 9.08. The van der Waals surface area contributed by atoms with Crippen LogP contribution >= 0.6 is 0 Å². The number of hydrogen-bond acceptors (Lipinski definition) is 3. The van der Waals surface area contributed by atoms with Gasteiger partial charge in [0, 0.05) is 41.2 Å². The molecule has 7 rings (SSSR count). The van der Waals surface area contributed by atoms with Gasteiger partial charge in [0.1, 0.15) is 0 Å². The third-order valence-electron chi connectivity index (χ3n) is 8.73. The van der Waals surface area contributed by atoms with E-state index in [1.54, 1.807) is 0 Å². The van der Waals surface area contributed by atoms with Gasteiger partial charge in [-0.05, 0) is 96.4 Å². The van der Waals surface area contributed by atoms with E-state index in [0.29, 0.717) is 17.4 Å². The Hall–Kier alpha value is -4.55. The number of nitriles is 1. The molecule has 0 aliphatic heterocycles. The van der Waals surface area contributed by atoms with Crippen LogP contribution in [0.4, 0.5) is 0 Å². The molecule has 0 saturated heterocycles. The van der Waals surface area contributed by atoms with Crippen molar-refractivity contribution in [3.05, 3.63) is 166 Å². The lowest BCUT2D eigenvalue weighted by Gasteiger charge is -2.44. The molecule has 2 unspecified atom stereocenters. The van der Waals surface area contributed by atoms with Crippen LogP contribution in [0.15, 0.2) is 154 Å². The molecule has 6 aliphatic carbocycles. The summed E-state index contributed by atoms with van der Waals surface area (Å²) in [5, 5.41) is 12.8. The predicted molar refractivity (Wildman–Crippen MR) is 162 cm³/mol. The van der Waals surface area contributed by atoms with Crippen LogP contribution in [0.2, 0.25) is 0 Å². The summed E-state index contributed by atoms with van der Waals surface area (Å²) in [5.41, 5.74) is 12.9. The van der Waals surface area contributed by atoms with Crippen molar-refractivity contribution in [1.29, 1.82) is 5.26 Å². The average molecular weight is 520 g/mol. The Morgan fingerprint density at radius 1 is 0.775 bits per heavy atom. The van der Waals surface area contributed by atoms with Gasteiger partial charge in [-0.15, -0.1) is 0 Å². The predicted octanol–water partition coefficient (Wildman–Crippen LogP) is 7.78. The van der Waals surface area contributed by atoms with Gasteiger partial charge in [-0.1, -0.05) is 72.9 Å². The molecular weight excluding hydrogens is 486 g/mol. The highest BCUT2D eigenvalue weighted by molar-refractivity contribution is 5.64. The molecule has 40 heavy (non-hydrogen) atoms. The van der Waals surface area contributed by atoms with Gasteiger partial charge < -0.3 is 10.2 Å². The molecule has 6 aliphatic rings. The van der Waals surface area contributed by atoms with Gasteiger partial charge in [-0.2, -0.15) is 5.26 Å². The highest BCUT2D eigenvalue weighted by atomic mass is 15.2. The Balaban J connectivity index is 1.20. The summed E-state index contributed by atoms with van der Waals surface area (Å²) < 4.78 is 0. The van der Waals surface area contributed by atoms with Crippen molar-refractivity contribution in [2.75, 3.05) is 6.54 Å². The van der Waals surface area contributed by atoms with E-state index in [1.165, 1.54) is 50.6 Å². The number of nitrogens with one attached hydrogen (secondary N) is 1. The first-order chi connectivity index (χ1) is 19.8. The Bertz CT molecular complexity index is 1580. The SMILES string of the molecule is N#Cc1ccc(CCNC2=CC=C3C=CC4=C(N(C5=CC=CCC5)C5=CC=CCC5)C=CC5=CC=C2C3C54)cc1.